The molecule has 0 aliphatic carbocycles. The van der Waals surface area contributed by atoms with Gasteiger partial charge >= 0.3 is 0 Å². The molecule has 1 heterocycles. The number of hydrogen-bond acceptors (Lipinski definition) is 7. The number of aliphatic hydroxyl groups is 1. The van der Waals surface area contributed by atoms with E-state index in [-0.39, 0.29) is 58.3 Å². The maximum Gasteiger partial charge on any atom is 0.250 e. The predicted molar refractivity (Wildman–Crippen MR) is 139 cm³/mol. The van der Waals surface area contributed by atoms with Crippen molar-refractivity contribution in [2.75, 3.05) is 18.8 Å². The van der Waals surface area contributed by atoms with Crippen molar-refractivity contribution in [3.8, 4) is 0 Å². The molecule has 0 saturated heterocycles. The first-order chi connectivity index (χ1) is 14.8. The van der Waals surface area contributed by atoms with Crippen molar-refractivity contribution in [2.45, 2.75) is 22.3 Å². The highest BCUT2D eigenvalue weighted by Crippen LogP contribution is 2.24. The third kappa shape index (κ3) is 7.83. The quantitative estimate of drug-likeness (QED) is 0.237. The van der Waals surface area contributed by atoms with E-state index >= 15 is 0 Å². The molecule has 0 spiro atoms. The summed E-state index contributed by atoms with van der Waals surface area (Å²) in [5.74, 6) is -0.786. The number of pyridine rings is 1. The summed E-state index contributed by atoms with van der Waals surface area (Å²) in [7, 11) is -3.81. The van der Waals surface area contributed by atoms with Crippen LogP contribution in [-0.2, 0) is 16.3 Å². The summed E-state index contributed by atoms with van der Waals surface area (Å²) in [6.45, 7) is 1.00. The summed E-state index contributed by atoms with van der Waals surface area (Å²) in [5.41, 5.74) is 12.7. The number of nitrogens with zero attached hydrogens (tertiary/aromatic N) is 1. The summed E-state index contributed by atoms with van der Waals surface area (Å²) in [6, 6.07) is 14.0. The van der Waals surface area contributed by atoms with Crippen molar-refractivity contribution in [3.63, 3.8) is 0 Å². The molecule has 1 atom stereocenters. The van der Waals surface area contributed by atoms with E-state index < -0.39 is 21.8 Å². The monoisotopic (exact) mass is 548 g/mol. The Labute approximate surface area is 217 Å². The van der Waals surface area contributed by atoms with Crippen LogP contribution in [0.4, 0.5) is 5.69 Å². The number of nitrogen functional groups attached to an aromatic ring is 1. The smallest absolute Gasteiger partial charge is 0.250 e. The summed E-state index contributed by atoms with van der Waals surface area (Å²) < 4.78 is 25.7. The van der Waals surface area contributed by atoms with Crippen LogP contribution in [0.3, 0.4) is 0 Å². The Morgan fingerprint density at radius 1 is 1.03 bits per heavy atom. The minimum Gasteiger partial charge on any atom is -0.398 e. The molecule has 0 aliphatic heterocycles. The number of primary amides is 1. The van der Waals surface area contributed by atoms with E-state index in [1.807, 2.05) is 6.07 Å². The number of carbonyl (C=O) groups excluding carboxylic acids is 1. The number of nitrogens with one attached hydrogen (secondary N) is 1. The van der Waals surface area contributed by atoms with Crippen molar-refractivity contribution in [3.05, 3.63) is 83.7 Å². The molecule has 0 bridgehead atoms. The molecule has 8 nitrogen and oxygen atoms in total. The van der Waals surface area contributed by atoms with Crippen molar-refractivity contribution in [1.29, 1.82) is 0 Å². The van der Waals surface area contributed by atoms with Gasteiger partial charge in [0, 0.05) is 30.2 Å². The Morgan fingerprint density at radius 2 is 1.68 bits per heavy atom. The number of hydrogen-bond donors (Lipinski definition) is 4. The molecule has 0 unspecified atom stereocenters. The van der Waals surface area contributed by atoms with Gasteiger partial charge < -0.3 is 21.9 Å². The van der Waals surface area contributed by atoms with Crippen LogP contribution >= 0.6 is 37.2 Å². The summed E-state index contributed by atoms with van der Waals surface area (Å²) in [6.07, 6.45) is 3.29. The molecule has 0 saturated carbocycles. The molecule has 0 radical (unpaired) electrons. The van der Waals surface area contributed by atoms with Crippen LogP contribution in [-0.4, -0.2) is 37.5 Å². The van der Waals surface area contributed by atoms with Crippen LogP contribution in [0.15, 0.2) is 76.8 Å². The zero-order valence-corrected chi connectivity index (χ0v) is 21.2. The fraction of sp³-hybridized carbons (Fsp3) is 0.182. The maximum absolute atomic E-state index is 12.9. The summed E-state index contributed by atoms with van der Waals surface area (Å²) in [4.78, 5) is 15.5. The first-order valence-corrected chi connectivity index (χ1v) is 11.1. The molecule has 186 valence electrons. The van der Waals surface area contributed by atoms with E-state index in [0.717, 1.165) is 11.1 Å². The fourth-order valence-corrected chi connectivity index (χ4v) is 4.34. The molecular formula is C22H27Cl3N4O4S. The van der Waals surface area contributed by atoms with Gasteiger partial charge in [0.2, 0.25) is 9.84 Å². The highest BCUT2D eigenvalue weighted by Gasteiger charge is 2.20. The number of rotatable bonds is 9. The molecule has 1 amide bonds. The van der Waals surface area contributed by atoms with Crippen LogP contribution in [0.5, 0.6) is 0 Å². The number of nitrogens with two attached hydrogens (primary N) is 2. The Bertz CT molecular complexity index is 1160. The lowest BCUT2D eigenvalue weighted by Gasteiger charge is -2.12. The number of sulfone groups is 1. The number of benzene rings is 2. The average molecular weight is 550 g/mol. The number of carbonyl (C=O) groups is 1. The third-order valence-electron chi connectivity index (χ3n) is 4.83. The van der Waals surface area contributed by atoms with Crippen LogP contribution in [0, 0.1) is 0 Å². The lowest BCUT2D eigenvalue weighted by atomic mass is 10.1. The SMILES string of the molecule is Cl.Cl.Cl.NC(=O)c1cc(S(=O)(=O)c2ccc(CCNC[C@H](O)c3cccnc3)cc2)ccc1N. The predicted octanol–water partition coefficient (Wildman–Crippen LogP) is 2.73. The van der Waals surface area contributed by atoms with Gasteiger partial charge in [0.05, 0.1) is 21.5 Å². The molecule has 1 aromatic heterocycles. The summed E-state index contributed by atoms with van der Waals surface area (Å²) >= 11 is 0. The van der Waals surface area contributed by atoms with Crippen molar-refractivity contribution in [1.82, 2.24) is 10.3 Å². The number of halogens is 3. The van der Waals surface area contributed by atoms with Crippen LogP contribution in [0.25, 0.3) is 0 Å². The lowest BCUT2D eigenvalue weighted by Crippen LogP contribution is -2.23. The molecule has 3 rings (SSSR count). The van der Waals surface area contributed by atoms with Gasteiger partial charge in [0.15, 0.2) is 0 Å². The maximum atomic E-state index is 12.9. The van der Waals surface area contributed by atoms with E-state index in [1.54, 1.807) is 30.6 Å². The fourth-order valence-electron chi connectivity index (χ4n) is 3.05. The molecule has 0 aliphatic rings. The standard InChI is InChI=1S/C22H24N4O4S.3ClH/c23-20-8-7-18(12-19(20)22(24)28)31(29,30)17-5-3-15(4-6-17)9-11-26-14-21(27)16-2-1-10-25-13-16;;;/h1-8,10,12-13,21,26-27H,9,11,14,23H2,(H2,24,28);3*1H/t21-;;;/m0.../s1. The number of aliphatic hydroxyl groups excluding tert-OH is 1. The third-order valence-corrected chi connectivity index (χ3v) is 6.60. The first-order valence-electron chi connectivity index (χ1n) is 9.61. The second kappa shape index (κ2) is 14.1. The number of aromatic nitrogens is 1. The molecule has 34 heavy (non-hydrogen) atoms. The van der Waals surface area contributed by atoms with E-state index in [9.17, 15) is 18.3 Å². The minimum atomic E-state index is -3.81. The van der Waals surface area contributed by atoms with Gasteiger partial charge in [-0.05, 0) is 54.9 Å². The Morgan fingerprint density at radius 3 is 2.26 bits per heavy atom. The Hall–Kier alpha value is -2.40. The zero-order chi connectivity index (χ0) is 22.4. The highest BCUT2D eigenvalue weighted by atomic mass is 35.5. The molecule has 3 aromatic rings. The van der Waals surface area contributed by atoms with Gasteiger partial charge in [0.1, 0.15) is 0 Å². The lowest BCUT2D eigenvalue weighted by molar-refractivity contribution is 0.100. The molecule has 12 heteroatoms. The van der Waals surface area contributed by atoms with Crippen LogP contribution < -0.4 is 16.8 Å². The highest BCUT2D eigenvalue weighted by molar-refractivity contribution is 7.91. The largest absolute Gasteiger partial charge is 0.398 e. The van der Waals surface area contributed by atoms with Gasteiger partial charge in [-0.2, -0.15) is 0 Å². The van der Waals surface area contributed by atoms with Gasteiger partial charge in [0.25, 0.3) is 5.91 Å². The summed E-state index contributed by atoms with van der Waals surface area (Å²) in [5, 5.41) is 13.3. The van der Waals surface area contributed by atoms with Crippen molar-refractivity contribution >= 4 is 58.7 Å². The van der Waals surface area contributed by atoms with E-state index in [1.165, 1.54) is 30.3 Å². The van der Waals surface area contributed by atoms with Crippen molar-refractivity contribution < 1.29 is 18.3 Å². The number of amides is 1. The van der Waals surface area contributed by atoms with Crippen molar-refractivity contribution in [2.24, 2.45) is 5.73 Å². The van der Waals surface area contributed by atoms with Gasteiger partial charge in [-0.1, -0.05) is 18.2 Å². The first kappa shape index (κ1) is 31.6. The molecule has 0 fully saturated rings. The van der Waals surface area contributed by atoms with Gasteiger partial charge in [-0.15, -0.1) is 37.2 Å². The second-order valence-corrected chi connectivity index (χ2v) is 8.97. The number of anilines is 1. The molecular weight excluding hydrogens is 523 g/mol. The van der Waals surface area contributed by atoms with Gasteiger partial charge in [-0.3, -0.25) is 9.78 Å². The normalized spacial score (nSPS) is 11.3. The Balaban J connectivity index is 0.00000363. The average Bonchev–Trinajstić information content (AvgIpc) is 2.77. The topological polar surface area (TPSA) is 148 Å². The zero-order valence-electron chi connectivity index (χ0n) is 18.0. The van der Waals surface area contributed by atoms with E-state index in [4.69, 9.17) is 11.5 Å². The van der Waals surface area contributed by atoms with Crippen LogP contribution in [0.2, 0.25) is 0 Å². The van der Waals surface area contributed by atoms with Gasteiger partial charge in [-0.25, -0.2) is 8.42 Å². The molecule has 6 N–H and O–H groups in total. The Kier molecular flexibility index (Phi) is 13.1. The van der Waals surface area contributed by atoms with E-state index in [0.29, 0.717) is 19.5 Å². The van der Waals surface area contributed by atoms with Crippen LogP contribution in [0.1, 0.15) is 27.6 Å². The molecule has 2 aromatic carbocycles. The second-order valence-electron chi connectivity index (χ2n) is 7.02. The van der Waals surface area contributed by atoms with E-state index in [2.05, 4.69) is 10.3 Å². The minimum absolute atomic E-state index is 0.